The van der Waals surface area contributed by atoms with Crippen molar-refractivity contribution in [2.75, 3.05) is 5.01 Å². The van der Waals surface area contributed by atoms with Crippen molar-refractivity contribution in [2.24, 2.45) is 5.10 Å². The molecule has 0 aliphatic heterocycles. The number of hydrogen-bond donors (Lipinski definition) is 0. The molecule has 104 valence electrons. The topological polar surface area (TPSA) is 24.8 Å². The Kier molecular flexibility index (Phi) is 4.99. The quantitative estimate of drug-likeness (QED) is 0.590. The minimum absolute atomic E-state index is 0.280. The van der Waals surface area contributed by atoms with Crippen LogP contribution in [0.2, 0.25) is 0 Å². The molecule has 1 aromatic carbocycles. The Morgan fingerprint density at radius 3 is 2.16 bits per heavy atom. The summed E-state index contributed by atoms with van der Waals surface area (Å²) < 4.78 is 40.5. The number of anilines is 1. The van der Waals surface area contributed by atoms with E-state index in [2.05, 4.69) is 32.3 Å². The van der Waals surface area contributed by atoms with Crippen LogP contribution in [-0.2, 0) is 0 Å². The molecule has 0 saturated carbocycles. The zero-order valence-electron chi connectivity index (χ0n) is 10.3. The van der Waals surface area contributed by atoms with E-state index >= 15 is 0 Å². The average Bonchev–Trinajstić information content (AvgIpc) is 2.24. The van der Waals surface area contributed by atoms with Gasteiger partial charge in [0.1, 0.15) is 10.4 Å². The van der Waals surface area contributed by atoms with E-state index in [1.54, 1.807) is 13.8 Å². The fourth-order valence-electron chi connectivity index (χ4n) is 1.29. The lowest BCUT2D eigenvalue weighted by molar-refractivity contribution is -0.274. The van der Waals surface area contributed by atoms with Gasteiger partial charge in [0, 0.05) is 5.70 Å². The fraction of sp³-hybridized carbons (Fsp3) is 0.250. The molecular weight excluding hydrogens is 325 g/mol. The van der Waals surface area contributed by atoms with Gasteiger partial charge in [-0.25, -0.2) is 5.01 Å². The van der Waals surface area contributed by atoms with Gasteiger partial charge in [-0.1, -0.05) is 6.58 Å². The number of ether oxygens (including phenoxy) is 1. The van der Waals surface area contributed by atoms with Crippen LogP contribution in [0.25, 0.3) is 0 Å². The smallest absolute Gasteiger partial charge is 0.406 e. The normalized spacial score (nSPS) is 12.2. The van der Waals surface area contributed by atoms with Gasteiger partial charge in [-0.2, -0.15) is 5.10 Å². The minimum atomic E-state index is -4.69. The first kappa shape index (κ1) is 15.6. The largest absolute Gasteiger partial charge is 0.573 e. The standard InChI is InChI=1S/C12H12BrF3N2O/c1-8(2)18(17-9(3)13)10-4-6-11(7-5-10)19-12(14,15)16/h4-7H,1H2,2-3H3/b17-9+. The van der Waals surface area contributed by atoms with Crippen LogP contribution >= 0.6 is 15.9 Å². The van der Waals surface area contributed by atoms with Gasteiger partial charge in [-0.3, -0.25) is 0 Å². The van der Waals surface area contributed by atoms with Crippen molar-refractivity contribution < 1.29 is 17.9 Å². The predicted molar refractivity (Wildman–Crippen MR) is 72.5 cm³/mol. The zero-order valence-corrected chi connectivity index (χ0v) is 11.9. The molecule has 0 aliphatic carbocycles. The van der Waals surface area contributed by atoms with Crippen molar-refractivity contribution in [2.45, 2.75) is 20.2 Å². The SMILES string of the molecule is C=C(C)N(/N=C(\C)Br)c1ccc(OC(F)(F)F)cc1. The van der Waals surface area contributed by atoms with E-state index in [0.717, 1.165) is 0 Å². The highest BCUT2D eigenvalue weighted by atomic mass is 79.9. The van der Waals surface area contributed by atoms with Gasteiger partial charge in [0.25, 0.3) is 0 Å². The van der Waals surface area contributed by atoms with Crippen LogP contribution in [0.4, 0.5) is 18.9 Å². The fourth-order valence-corrected chi connectivity index (χ4v) is 1.45. The second kappa shape index (κ2) is 6.10. The van der Waals surface area contributed by atoms with Crippen LogP contribution in [0.5, 0.6) is 5.75 Å². The highest BCUT2D eigenvalue weighted by Crippen LogP contribution is 2.26. The molecule has 0 heterocycles. The van der Waals surface area contributed by atoms with Gasteiger partial charge in [-0.05, 0) is 54.0 Å². The second-order valence-electron chi connectivity index (χ2n) is 3.69. The van der Waals surface area contributed by atoms with Crippen LogP contribution < -0.4 is 9.75 Å². The number of hydrazone groups is 1. The van der Waals surface area contributed by atoms with E-state index in [9.17, 15) is 13.2 Å². The summed E-state index contributed by atoms with van der Waals surface area (Å²) in [6, 6.07) is 5.38. The summed E-state index contributed by atoms with van der Waals surface area (Å²) in [7, 11) is 0. The molecule has 0 aliphatic rings. The average molecular weight is 337 g/mol. The third-order valence-corrected chi connectivity index (χ3v) is 2.07. The molecule has 0 fully saturated rings. The van der Waals surface area contributed by atoms with Gasteiger partial charge in [0.15, 0.2) is 0 Å². The summed E-state index contributed by atoms with van der Waals surface area (Å²) in [6.07, 6.45) is -4.69. The summed E-state index contributed by atoms with van der Waals surface area (Å²) in [5.41, 5.74) is 1.21. The van der Waals surface area contributed by atoms with E-state index in [4.69, 9.17) is 0 Å². The molecule has 19 heavy (non-hydrogen) atoms. The Hall–Kier alpha value is -1.50. The van der Waals surface area contributed by atoms with Crippen molar-refractivity contribution in [3.63, 3.8) is 0 Å². The van der Waals surface area contributed by atoms with Gasteiger partial charge < -0.3 is 4.74 Å². The van der Waals surface area contributed by atoms with E-state index < -0.39 is 6.36 Å². The van der Waals surface area contributed by atoms with Crippen molar-refractivity contribution in [1.82, 2.24) is 0 Å². The minimum Gasteiger partial charge on any atom is -0.406 e. The third-order valence-electron chi connectivity index (χ3n) is 1.91. The first-order valence-electron chi connectivity index (χ1n) is 5.21. The number of nitrogens with zero attached hydrogens (tertiary/aromatic N) is 2. The highest BCUT2D eigenvalue weighted by Gasteiger charge is 2.31. The summed E-state index contributed by atoms with van der Waals surface area (Å²) in [6.45, 7) is 7.22. The summed E-state index contributed by atoms with van der Waals surface area (Å²) in [5, 5.41) is 5.66. The molecule has 3 nitrogen and oxygen atoms in total. The molecule has 0 N–H and O–H groups in total. The van der Waals surface area contributed by atoms with E-state index in [1.807, 2.05) is 0 Å². The van der Waals surface area contributed by atoms with E-state index in [1.165, 1.54) is 29.3 Å². The molecule has 0 saturated heterocycles. The van der Waals surface area contributed by atoms with Crippen LogP contribution in [-0.4, -0.2) is 11.0 Å². The zero-order chi connectivity index (χ0) is 14.6. The number of rotatable bonds is 4. The van der Waals surface area contributed by atoms with Gasteiger partial charge >= 0.3 is 6.36 Å². The number of hydrogen-bond acceptors (Lipinski definition) is 3. The summed E-state index contributed by atoms with van der Waals surface area (Å²) in [4.78, 5) is 0. The second-order valence-corrected chi connectivity index (χ2v) is 4.83. The van der Waals surface area contributed by atoms with Gasteiger partial charge in [0.05, 0.1) is 5.69 Å². The Morgan fingerprint density at radius 2 is 1.79 bits per heavy atom. The maximum Gasteiger partial charge on any atom is 0.573 e. The molecule has 0 radical (unpaired) electrons. The lowest BCUT2D eigenvalue weighted by Crippen LogP contribution is -2.17. The van der Waals surface area contributed by atoms with Crippen molar-refractivity contribution >= 4 is 26.2 Å². The van der Waals surface area contributed by atoms with Crippen molar-refractivity contribution in [1.29, 1.82) is 0 Å². The highest BCUT2D eigenvalue weighted by molar-refractivity contribution is 9.18. The summed E-state index contributed by atoms with van der Waals surface area (Å²) >= 11 is 3.19. The van der Waals surface area contributed by atoms with Crippen LogP contribution in [0.1, 0.15) is 13.8 Å². The Balaban J connectivity index is 2.96. The molecule has 0 unspecified atom stereocenters. The molecule has 0 atom stereocenters. The van der Waals surface area contributed by atoms with Gasteiger partial charge in [0.2, 0.25) is 0 Å². The maximum atomic E-state index is 12.0. The molecule has 0 aromatic heterocycles. The van der Waals surface area contributed by atoms with Crippen LogP contribution in [0, 0.1) is 0 Å². The van der Waals surface area contributed by atoms with Crippen molar-refractivity contribution in [3.8, 4) is 5.75 Å². The monoisotopic (exact) mass is 336 g/mol. The molecule has 7 heteroatoms. The lowest BCUT2D eigenvalue weighted by Gasteiger charge is -2.19. The van der Waals surface area contributed by atoms with E-state index in [-0.39, 0.29) is 5.75 Å². The van der Waals surface area contributed by atoms with Crippen LogP contribution in [0.15, 0.2) is 41.6 Å². The van der Waals surface area contributed by atoms with E-state index in [0.29, 0.717) is 16.0 Å². The number of halogens is 4. The molecule has 1 rings (SSSR count). The molecule has 1 aromatic rings. The number of allylic oxidation sites excluding steroid dienone is 1. The Bertz CT molecular complexity index is 479. The molecule has 0 spiro atoms. The van der Waals surface area contributed by atoms with Gasteiger partial charge in [-0.15, -0.1) is 13.2 Å². The Labute approximate surface area is 117 Å². The Morgan fingerprint density at radius 1 is 1.26 bits per heavy atom. The molecule has 0 amide bonds. The molecule has 0 bridgehead atoms. The maximum absolute atomic E-state index is 12.0. The van der Waals surface area contributed by atoms with Crippen LogP contribution in [0.3, 0.4) is 0 Å². The number of alkyl halides is 3. The lowest BCUT2D eigenvalue weighted by atomic mass is 10.3. The summed E-state index contributed by atoms with van der Waals surface area (Å²) in [5.74, 6) is -0.280. The van der Waals surface area contributed by atoms with Crippen molar-refractivity contribution in [3.05, 3.63) is 36.5 Å². The first-order valence-corrected chi connectivity index (χ1v) is 6.00. The third kappa shape index (κ3) is 5.34. The predicted octanol–water partition coefficient (Wildman–Crippen LogP) is 4.65. The first-order chi connectivity index (χ1) is 8.69. The number of benzene rings is 1. The molecular formula is C12H12BrF3N2O.